The zero-order valence-electron chi connectivity index (χ0n) is 17.7. The van der Waals surface area contributed by atoms with E-state index in [2.05, 4.69) is 39.0 Å². The lowest BCUT2D eigenvalue weighted by atomic mass is 9.46. The molecule has 2 saturated carbocycles. The third kappa shape index (κ3) is 2.99. The van der Waals surface area contributed by atoms with E-state index in [0.717, 1.165) is 37.0 Å². The van der Waals surface area contributed by atoms with Gasteiger partial charge in [-0.15, -0.1) is 0 Å². The van der Waals surface area contributed by atoms with Crippen LogP contribution in [0.5, 0.6) is 0 Å². The number of fused-ring (bicyclic) bond motifs is 5. The van der Waals surface area contributed by atoms with Crippen molar-refractivity contribution < 1.29 is 10.2 Å². The summed E-state index contributed by atoms with van der Waals surface area (Å²) in [5.74, 6) is 2.75. The Morgan fingerprint density at radius 3 is 2.59 bits per heavy atom. The van der Waals surface area contributed by atoms with Crippen LogP contribution in [-0.2, 0) is 0 Å². The summed E-state index contributed by atoms with van der Waals surface area (Å²) in [4.78, 5) is 0. The minimum absolute atomic E-state index is 0.137. The van der Waals surface area contributed by atoms with Crippen molar-refractivity contribution in [1.82, 2.24) is 0 Å². The SMILES string of the molecule is C[C@H](/C=C/CO)C1=CC[C@H]2[C@@H]3CC=C4C[C@@](C)(O)CC[C@]4(C)[C@H]3CC[C@]12C. The first-order valence-corrected chi connectivity index (χ1v) is 11.1. The van der Waals surface area contributed by atoms with Crippen LogP contribution in [0, 0.1) is 34.5 Å². The van der Waals surface area contributed by atoms with Crippen LogP contribution in [0.1, 0.15) is 72.6 Å². The summed E-state index contributed by atoms with van der Waals surface area (Å²) in [6.07, 6.45) is 17.2. The van der Waals surface area contributed by atoms with Crippen molar-refractivity contribution in [1.29, 1.82) is 0 Å². The zero-order valence-corrected chi connectivity index (χ0v) is 17.7. The van der Waals surface area contributed by atoms with Gasteiger partial charge in [0.05, 0.1) is 12.2 Å². The first kappa shape index (κ1) is 19.5. The number of aliphatic hydroxyl groups is 2. The Morgan fingerprint density at radius 2 is 1.85 bits per heavy atom. The molecule has 2 N–H and O–H groups in total. The molecule has 4 aliphatic rings. The molecule has 2 fully saturated rings. The van der Waals surface area contributed by atoms with Gasteiger partial charge in [0.1, 0.15) is 0 Å². The summed E-state index contributed by atoms with van der Waals surface area (Å²) in [5, 5.41) is 19.8. The molecule has 7 atom stereocenters. The van der Waals surface area contributed by atoms with E-state index in [1.54, 1.807) is 11.1 Å². The molecule has 0 bridgehead atoms. The molecule has 0 saturated heterocycles. The number of allylic oxidation sites excluding steroid dienone is 4. The molecular formula is C25H38O2. The Labute approximate surface area is 165 Å². The third-order valence-corrected chi connectivity index (χ3v) is 9.04. The predicted octanol–water partition coefficient (Wildman–Crippen LogP) is 5.42. The van der Waals surface area contributed by atoms with Crippen LogP contribution >= 0.6 is 0 Å². The molecule has 4 aliphatic carbocycles. The fourth-order valence-corrected chi connectivity index (χ4v) is 7.48. The molecule has 4 rings (SSSR count). The van der Waals surface area contributed by atoms with Crippen LogP contribution in [0.15, 0.2) is 35.5 Å². The summed E-state index contributed by atoms with van der Waals surface area (Å²) in [6, 6.07) is 0. The normalized spacial score (nSPS) is 47.7. The summed E-state index contributed by atoms with van der Waals surface area (Å²) >= 11 is 0. The Morgan fingerprint density at radius 1 is 1.07 bits per heavy atom. The highest BCUT2D eigenvalue weighted by atomic mass is 16.3. The predicted molar refractivity (Wildman–Crippen MR) is 111 cm³/mol. The van der Waals surface area contributed by atoms with Crippen LogP contribution in [-0.4, -0.2) is 22.4 Å². The topological polar surface area (TPSA) is 40.5 Å². The van der Waals surface area contributed by atoms with Gasteiger partial charge in [0.2, 0.25) is 0 Å². The maximum atomic E-state index is 10.6. The van der Waals surface area contributed by atoms with Gasteiger partial charge in [-0.2, -0.15) is 0 Å². The summed E-state index contributed by atoms with van der Waals surface area (Å²) < 4.78 is 0. The molecule has 27 heavy (non-hydrogen) atoms. The van der Waals surface area contributed by atoms with Crippen molar-refractivity contribution in [2.75, 3.05) is 6.61 Å². The number of hydrogen-bond acceptors (Lipinski definition) is 2. The molecule has 0 aromatic heterocycles. The molecule has 0 heterocycles. The van der Waals surface area contributed by atoms with Crippen molar-refractivity contribution in [2.24, 2.45) is 34.5 Å². The maximum absolute atomic E-state index is 10.6. The van der Waals surface area contributed by atoms with E-state index >= 15 is 0 Å². The van der Waals surface area contributed by atoms with Crippen molar-refractivity contribution in [3.63, 3.8) is 0 Å². The minimum Gasteiger partial charge on any atom is -0.392 e. The van der Waals surface area contributed by atoms with Crippen molar-refractivity contribution in [3.8, 4) is 0 Å². The highest BCUT2D eigenvalue weighted by Crippen LogP contribution is 2.66. The summed E-state index contributed by atoms with van der Waals surface area (Å²) in [5.41, 5.74) is 3.29. The fraction of sp³-hybridized carbons (Fsp3) is 0.760. The minimum atomic E-state index is -0.502. The van der Waals surface area contributed by atoms with Crippen LogP contribution in [0.2, 0.25) is 0 Å². The average molecular weight is 371 g/mol. The monoisotopic (exact) mass is 370 g/mol. The Balaban J connectivity index is 1.60. The van der Waals surface area contributed by atoms with Gasteiger partial charge < -0.3 is 10.2 Å². The smallest absolute Gasteiger partial charge is 0.0657 e. The molecule has 0 aliphatic heterocycles. The van der Waals surface area contributed by atoms with E-state index in [0.29, 0.717) is 16.7 Å². The molecule has 0 amide bonds. The van der Waals surface area contributed by atoms with Gasteiger partial charge in [-0.1, -0.05) is 56.2 Å². The highest BCUT2D eigenvalue weighted by molar-refractivity contribution is 5.32. The van der Waals surface area contributed by atoms with Gasteiger partial charge in [-0.3, -0.25) is 0 Å². The van der Waals surface area contributed by atoms with Gasteiger partial charge in [0, 0.05) is 0 Å². The molecule has 0 unspecified atom stereocenters. The van der Waals surface area contributed by atoms with Gasteiger partial charge in [-0.05, 0) is 86.4 Å². The van der Waals surface area contributed by atoms with Gasteiger partial charge in [0.25, 0.3) is 0 Å². The van der Waals surface area contributed by atoms with E-state index in [1.807, 2.05) is 13.0 Å². The van der Waals surface area contributed by atoms with Crippen LogP contribution < -0.4 is 0 Å². The molecule has 0 aromatic carbocycles. The molecule has 0 aromatic rings. The first-order chi connectivity index (χ1) is 12.7. The number of aliphatic hydroxyl groups excluding tert-OH is 1. The molecule has 0 spiro atoms. The zero-order chi connectivity index (χ0) is 19.4. The van der Waals surface area contributed by atoms with E-state index in [4.69, 9.17) is 5.11 Å². The van der Waals surface area contributed by atoms with Gasteiger partial charge in [0.15, 0.2) is 0 Å². The lowest BCUT2D eigenvalue weighted by molar-refractivity contribution is -0.0529. The Kier molecular flexibility index (Phi) is 4.75. The second-order valence-electron chi connectivity index (χ2n) is 10.7. The summed E-state index contributed by atoms with van der Waals surface area (Å²) in [7, 11) is 0. The van der Waals surface area contributed by atoms with E-state index in [9.17, 15) is 5.11 Å². The molecule has 2 nitrogen and oxygen atoms in total. The third-order valence-electron chi connectivity index (χ3n) is 9.04. The van der Waals surface area contributed by atoms with E-state index < -0.39 is 5.60 Å². The standard InChI is InChI=1S/C25H38O2/c1-17(6-5-15-26)20-9-10-21-19-8-7-18-16-23(2,27)13-14-24(18,3)22(19)11-12-25(20,21)4/h5-7,9,17,19,21-22,26-27H,8,10-16H2,1-4H3/b6-5+/t17-,19+,21+,22+,23+,24+,25-/m1/s1. The van der Waals surface area contributed by atoms with E-state index in [-0.39, 0.29) is 6.61 Å². The van der Waals surface area contributed by atoms with Crippen molar-refractivity contribution in [2.45, 2.75) is 78.2 Å². The Bertz CT molecular complexity index is 684. The molecular weight excluding hydrogens is 332 g/mol. The number of rotatable bonds is 3. The van der Waals surface area contributed by atoms with Crippen molar-refractivity contribution >= 4 is 0 Å². The second kappa shape index (κ2) is 6.59. The molecule has 150 valence electrons. The molecule has 0 radical (unpaired) electrons. The van der Waals surface area contributed by atoms with Crippen molar-refractivity contribution in [3.05, 3.63) is 35.5 Å². The lowest BCUT2D eigenvalue weighted by Crippen LogP contribution is -2.51. The quantitative estimate of drug-likeness (QED) is 0.651. The lowest BCUT2D eigenvalue weighted by Gasteiger charge is -2.58. The maximum Gasteiger partial charge on any atom is 0.0657 e. The van der Waals surface area contributed by atoms with Crippen LogP contribution in [0.25, 0.3) is 0 Å². The second-order valence-corrected chi connectivity index (χ2v) is 10.7. The number of hydrogen-bond donors (Lipinski definition) is 2. The Hall–Kier alpha value is -0.860. The average Bonchev–Trinajstić information content (AvgIpc) is 2.97. The largest absolute Gasteiger partial charge is 0.392 e. The van der Waals surface area contributed by atoms with Crippen LogP contribution in [0.4, 0.5) is 0 Å². The first-order valence-electron chi connectivity index (χ1n) is 11.1. The van der Waals surface area contributed by atoms with E-state index in [1.165, 1.54) is 25.7 Å². The highest BCUT2D eigenvalue weighted by Gasteiger charge is 2.57. The molecule has 2 heteroatoms. The summed E-state index contributed by atoms with van der Waals surface area (Å²) in [6.45, 7) is 9.47. The van der Waals surface area contributed by atoms with Gasteiger partial charge in [-0.25, -0.2) is 0 Å². The van der Waals surface area contributed by atoms with Gasteiger partial charge >= 0.3 is 0 Å². The fourth-order valence-electron chi connectivity index (χ4n) is 7.48. The van der Waals surface area contributed by atoms with Crippen LogP contribution in [0.3, 0.4) is 0 Å².